The number of nitrogens with zero attached hydrogens (tertiary/aromatic N) is 1. The molecular weight excluding hydrogens is 228 g/mol. The fourth-order valence-electron chi connectivity index (χ4n) is 3.34. The van der Waals surface area contributed by atoms with Crippen LogP contribution in [0.25, 0.3) is 0 Å². The highest BCUT2D eigenvalue weighted by Gasteiger charge is 2.69. The first-order valence-corrected chi connectivity index (χ1v) is 6.78. The van der Waals surface area contributed by atoms with E-state index >= 15 is 0 Å². The Morgan fingerprint density at radius 1 is 1.17 bits per heavy atom. The molecule has 2 aliphatic rings. The highest BCUT2D eigenvalue weighted by Crippen LogP contribution is 2.65. The summed E-state index contributed by atoms with van der Waals surface area (Å²) in [6, 6.07) is -0.542. The highest BCUT2D eigenvalue weighted by atomic mass is 16.2. The molecule has 4 nitrogen and oxygen atoms in total. The largest absolute Gasteiger partial charge is 0.343 e. The van der Waals surface area contributed by atoms with Gasteiger partial charge < -0.3 is 10.2 Å². The van der Waals surface area contributed by atoms with E-state index in [9.17, 15) is 9.59 Å². The fraction of sp³-hybridized carbons (Fsp3) is 0.857. The zero-order valence-electron chi connectivity index (χ0n) is 12.2. The topological polar surface area (TPSA) is 49.4 Å². The van der Waals surface area contributed by atoms with Crippen molar-refractivity contribution in [3.8, 4) is 0 Å². The summed E-state index contributed by atoms with van der Waals surface area (Å²) in [5, 5.41) is 2.80. The zero-order chi connectivity index (χ0) is 13.9. The molecule has 2 rings (SSSR count). The van der Waals surface area contributed by atoms with Crippen LogP contribution in [0.3, 0.4) is 0 Å². The number of piperazine rings is 1. The molecule has 4 heteroatoms. The first-order chi connectivity index (χ1) is 8.16. The number of hydrogen-bond donors (Lipinski definition) is 1. The van der Waals surface area contributed by atoms with Gasteiger partial charge in [0, 0.05) is 6.04 Å². The van der Waals surface area contributed by atoms with Crippen LogP contribution in [0.2, 0.25) is 0 Å². The van der Waals surface area contributed by atoms with E-state index in [-0.39, 0.29) is 40.8 Å². The standard InChI is InChI=1S/C14H24N2O2/c1-7-9-11(18)16(8(2)10(17)15-9)12-13(3,4)14(12,5)6/h8-9,12H,7H2,1-6H3,(H,15,17). The minimum Gasteiger partial charge on any atom is -0.343 e. The average Bonchev–Trinajstić information content (AvgIpc) is 2.66. The lowest BCUT2D eigenvalue weighted by molar-refractivity contribution is -0.150. The molecule has 0 aromatic heterocycles. The maximum atomic E-state index is 12.5. The van der Waals surface area contributed by atoms with Crippen molar-refractivity contribution in [2.75, 3.05) is 0 Å². The van der Waals surface area contributed by atoms with Crippen molar-refractivity contribution in [2.24, 2.45) is 10.8 Å². The Morgan fingerprint density at radius 3 is 2.06 bits per heavy atom. The Labute approximate surface area is 109 Å². The van der Waals surface area contributed by atoms with Gasteiger partial charge in [-0.1, -0.05) is 34.6 Å². The van der Waals surface area contributed by atoms with Gasteiger partial charge in [0.1, 0.15) is 12.1 Å². The molecule has 0 radical (unpaired) electrons. The van der Waals surface area contributed by atoms with Gasteiger partial charge in [-0.05, 0) is 24.2 Å². The van der Waals surface area contributed by atoms with Crippen LogP contribution in [0, 0.1) is 10.8 Å². The van der Waals surface area contributed by atoms with Gasteiger partial charge in [-0.15, -0.1) is 0 Å². The predicted molar refractivity (Wildman–Crippen MR) is 69.9 cm³/mol. The van der Waals surface area contributed by atoms with Gasteiger partial charge in [0.25, 0.3) is 0 Å². The van der Waals surface area contributed by atoms with E-state index in [1.807, 2.05) is 18.7 Å². The number of carbonyl (C=O) groups excluding carboxylic acids is 2. The first-order valence-electron chi connectivity index (χ1n) is 6.78. The summed E-state index contributed by atoms with van der Waals surface area (Å²) in [4.78, 5) is 26.3. The van der Waals surface area contributed by atoms with Crippen molar-refractivity contribution in [3.63, 3.8) is 0 Å². The molecule has 102 valence electrons. The lowest BCUT2D eigenvalue weighted by atomic mass is 10.0. The van der Waals surface area contributed by atoms with E-state index in [0.29, 0.717) is 6.42 Å². The first kappa shape index (κ1) is 13.4. The van der Waals surface area contributed by atoms with Crippen molar-refractivity contribution in [3.05, 3.63) is 0 Å². The van der Waals surface area contributed by atoms with Crippen molar-refractivity contribution < 1.29 is 9.59 Å². The lowest BCUT2D eigenvalue weighted by Gasteiger charge is -2.38. The monoisotopic (exact) mass is 252 g/mol. The number of hydrogen-bond acceptors (Lipinski definition) is 2. The SMILES string of the molecule is CCC1NC(=O)C(C)N(C2C(C)(C)C2(C)C)C1=O. The van der Waals surface area contributed by atoms with E-state index < -0.39 is 0 Å². The molecular formula is C14H24N2O2. The smallest absolute Gasteiger partial charge is 0.246 e. The van der Waals surface area contributed by atoms with Crippen LogP contribution >= 0.6 is 0 Å². The molecule has 1 aliphatic carbocycles. The predicted octanol–water partition coefficient (Wildman–Crippen LogP) is 1.55. The third-order valence-corrected chi connectivity index (χ3v) is 5.30. The number of nitrogens with one attached hydrogen (secondary N) is 1. The zero-order valence-corrected chi connectivity index (χ0v) is 12.2. The van der Waals surface area contributed by atoms with Gasteiger partial charge in [0.15, 0.2) is 0 Å². The Balaban J connectivity index is 2.31. The molecule has 1 aliphatic heterocycles. The van der Waals surface area contributed by atoms with Crippen LogP contribution in [0.5, 0.6) is 0 Å². The van der Waals surface area contributed by atoms with Crippen LogP contribution in [0.15, 0.2) is 0 Å². The second-order valence-corrected chi connectivity index (χ2v) is 6.74. The summed E-state index contributed by atoms with van der Waals surface area (Å²) >= 11 is 0. The summed E-state index contributed by atoms with van der Waals surface area (Å²) in [5.74, 6) is 0.0493. The summed E-state index contributed by atoms with van der Waals surface area (Å²) in [7, 11) is 0. The molecule has 1 heterocycles. The molecule has 0 aromatic rings. The molecule has 1 N–H and O–H groups in total. The Bertz CT molecular complexity index is 387. The number of amides is 2. The van der Waals surface area contributed by atoms with E-state index in [4.69, 9.17) is 0 Å². The number of carbonyl (C=O) groups is 2. The Hall–Kier alpha value is -1.06. The van der Waals surface area contributed by atoms with Crippen molar-refractivity contribution in [2.45, 2.75) is 66.1 Å². The minimum atomic E-state index is -0.355. The van der Waals surface area contributed by atoms with Crippen molar-refractivity contribution in [1.82, 2.24) is 10.2 Å². The summed E-state index contributed by atoms with van der Waals surface area (Å²) in [6.45, 7) is 12.4. The maximum Gasteiger partial charge on any atom is 0.246 e. The quantitative estimate of drug-likeness (QED) is 0.810. The van der Waals surface area contributed by atoms with Gasteiger partial charge in [-0.25, -0.2) is 0 Å². The minimum absolute atomic E-state index is 0.0278. The highest BCUT2D eigenvalue weighted by molar-refractivity contribution is 5.97. The van der Waals surface area contributed by atoms with E-state index in [2.05, 4.69) is 33.0 Å². The van der Waals surface area contributed by atoms with Gasteiger partial charge in [0.2, 0.25) is 11.8 Å². The molecule has 18 heavy (non-hydrogen) atoms. The second-order valence-electron chi connectivity index (χ2n) is 6.74. The summed E-state index contributed by atoms with van der Waals surface area (Å²) < 4.78 is 0. The van der Waals surface area contributed by atoms with Gasteiger partial charge in [-0.3, -0.25) is 9.59 Å². The third-order valence-electron chi connectivity index (χ3n) is 5.30. The molecule has 2 atom stereocenters. The normalized spacial score (nSPS) is 34.4. The van der Waals surface area contributed by atoms with Gasteiger partial charge in [0.05, 0.1) is 0 Å². The average molecular weight is 252 g/mol. The maximum absolute atomic E-state index is 12.5. The van der Waals surface area contributed by atoms with Crippen LogP contribution in [-0.4, -0.2) is 34.8 Å². The fourth-order valence-corrected chi connectivity index (χ4v) is 3.34. The third kappa shape index (κ3) is 1.50. The number of rotatable bonds is 2. The Morgan fingerprint density at radius 2 is 1.67 bits per heavy atom. The van der Waals surface area contributed by atoms with E-state index in [0.717, 1.165) is 0 Å². The summed E-state index contributed by atoms with van der Waals surface area (Å²) in [5.41, 5.74) is 0.152. The molecule has 0 bridgehead atoms. The van der Waals surface area contributed by atoms with E-state index in [1.54, 1.807) is 0 Å². The summed E-state index contributed by atoms with van der Waals surface area (Å²) in [6.07, 6.45) is 0.654. The molecule has 2 fully saturated rings. The molecule has 0 aromatic carbocycles. The molecule has 1 saturated heterocycles. The van der Waals surface area contributed by atoms with Crippen molar-refractivity contribution >= 4 is 11.8 Å². The van der Waals surface area contributed by atoms with E-state index in [1.165, 1.54) is 0 Å². The molecule has 2 unspecified atom stereocenters. The molecule has 2 amide bonds. The van der Waals surface area contributed by atoms with Crippen LogP contribution in [-0.2, 0) is 9.59 Å². The van der Waals surface area contributed by atoms with Crippen molar-refractivity contribution in [1.29, 1.82) is 0 Å². The van der Waals surface area contributed by atoms with Crippen LogP contribution < -0.4 is 5.32 Å². The molecule has 0 spiro atoms. The Kier molecular flexibility index (Phi) is 2.76. The van der Waals surface area contributed by atoms with Crippen LogP contribution in [0.4, 0.5) is 0 Å². The van der Waals surface area contributed by atoms with Gasteiger partial charge in [-0.2, -0.15) is 0 Å². The molecule has 1 saturated carbocycles. The lowest BCUT2D eigenvalue weighted by Crippen LogP contribution is -2.63. The van der Waals surface area contributed by atoms with Crippen LogP contribution in [0.1, 0.15) is 48.0 Å². The van der Waals surface area contributed by atoms with Gasteiger partial charge >= 0.3 is 0 Å². The second kappa shape index (κ2) is 3.72.